The molecule has 0 unspecified atom stereocenters. The first-order chi connectivity index (χ1) is 14.1. The Morgan fingerprint density at radius 1 is 0.867 bits per heavy atom. The monoisotopic (exact) mass is 407 g/mol. The predicted molar refractivity (Wildman–Crippen MR) is 118 cm³/mol. The highest BCUT2D eigenvalue weighted by Crippen LogP contribution is 2.54. The molecule has 1 aromatic carbocycles. The minimum atomic E-state index is -0.268. The maximum absolute atomic E-state index is 13.5. The quantitative estimate of drug-likeness (QED) is 0.673. The van der Waals surface area contributed by atoms with Gasteiger partial charge in [-0.05, 0) is 48.3 Å². The summed E-state index contributed by atoms with van der Waals surface area (Å²) >= 11 is 0. The topological polar surface area (TPSA) is 46.6 Å². The molecule has 30 heavy (non-hydrogen) atoms. The van der Waals surface area contributed by atoms with E-state index in [1.807, 2.05) is 24.3 Å². The molecular weight excluding hydrogens is 374 g/mol. The molecule has 0 radical (unpaired) electrons. The van der Waals surface area contributed by atoms with Gasteiger partial charge in [0.2, 0.25) is 0 Å². The van der Waals surface area contributed by atoms with Crippen LogP contribution in [0.15, 0.2) is 46.8 Å². The molecule has 0 fully saturated rings. The first-order valence-electron chi connectivity index (χ1n) is 11.0. The van der Waals surface area contributed by atoms with E-state index in [2.05, 4.69) is 39.5 Å². The molecule has 160 valence electrons. The fourth-order valence-electron chi connectivity index (χ4n) is 5.56. The van der Waals surface area contributed by atoms with Crippen LogP contribution in [-0.2, 0) is 9.59 Å². The Kier molecular flexibility index (Phi) is 4.95. The second-order valence-electron chi connectivity index (χ2n) is 10.6. The van der Waals surface area contributed by atoms with E-state index in [-0.39, 0.29) is 28.3 Å². The van der Waals surface area contributed by atoms with E-state index in [9.17, 15) is 9.59 Å². The second-order valence-corrected chi connectivity index (χ2v) is 10.6. The van der Waals surface area contributed by atoms with Gasteiger partial charge < -0.3 is 9.64 Å². The van der Waals surface area contributed by atoms with Gasteiger partial charge in [0.1, 0.15) is 5.75 Å². The Bertz CT molecular complexity index is 908. The van der Waals surface area contributed by atoms with Crippen LogP contribution in [-0.4, -0.2) is 30.1 Å². The van der Waals surface area contributed by atoms with Gasteiger partial charge in [0.25, 0.3) is 0 Å². The number of Topliss-reactive ketones (excluding diaryl/α,β-unsaturated/α-hetero) is 2. The zero-order valence-electron chi connectivity index (χ0n) is 19.1. The zero-order valence-corrected chi connectivity index (χ0v) is 19.1. The molecule has 0 saturated carbocycles. The van der Waals surface area contributed by atoms with Crippen molar-refractivity contribution in [3.05, 3.63) is 52.4 Å². The minimum Gasteiger partial charge on any atom is -0.497 e. The molecule has 1 heterocycles. The van der Waals surface area contributed by atoms with Crippen LogP contribution in [0.1, 0.15) is 71.8 Å². The Balaban J connectivity index is 1.96. The van der Waals surface area contributed by atoms with Gasteiger partial charge in [-0.15, -0.1) is 0 Å². The van der Waals surface area contributed by atoms with E-state index in [0.717, 1.165) is 53.2 Å². The van der Waals surface area contributed by atoms with Crippen LogP contribution >= 0.6 is 0 Å². The number of nitrogens with zero attached hydrogens (tertiary/aromatic N) is 1. The molecule has 3 aliphatic rings. The summed E-state index contributed by atoms with van der Waals surface area (Å²) in [7, 11) is 1.65. The normalized spacial score (nSPS) is 23.5. The van der Waals surface area contributed by atoms with Gasteiger partial charge in [-0.2, -0.15) is 0 Å². The third kappa shape index (κ3) is 3.40. The highest BCUT2D eigenvalue weighted by molar-refractivity contribution is 6.06. The smallest absolute Gasteiger partial charge is 0.162 e. The van der Waals surface area contributed by atoms with E-state index in [1.165, 1.54) is 0 Å². The molecule has 1 aliphatic heterocycles. The second kappa shape index (κ2) is 7.11. The number of hydrogen-bond acceptors (Lipinski definition) is 4. The lowest BCUT2D eigenvalue weighted by Gasteiger charge is -2.48. The molecule has 0 amide bonds. The third-order valence-electron chi connectivity index (χ3n) is 6.79. The zero-order chi connectivity index (χ0) is 21.8. The van der Waals surface area contributed by atoms with Gasteiger partial charge in [-0.1, -0.05) is 39.8 Å². The summed E-state index contributed by atoms with van der Waals surface area (Å²) in [4.78, 5) is 29.2. The molecule has 0 atom stereocenters. The van der Waals surface area contributed by atoms with Crippen molar-refractivity contribution in [2.45, 2.75) is 66.2 Å². The van der Waals surface area contributed by atoms with Crippen LogP contribution in [0.25, 0.3) is 0 Å². The average Bonchev–Trinajstić information content (AvgIpc) is 2.64. The fourth-order valence-corrected chi connectivity index (χ4v) is 5.56. The Hall–Kier alpha value is -2.36. The Morgan fingerprint density at radius 2 is 1.33 bits per heavy atom. The van der Waals surface area contributed by atoms with Gasteiger partial charge in [0, 0.05) is 47.8 Å². The van der Waals surface area contributed by atoms with Crippen molar-refractivity contribution >= 4 is 11.6 Å². The molecule has 0 aromatic heterocycles. The molecule has 1 aromatic rings. The van der Waals surface area contributed by atoms with Crippen molar-refractivity contribution < 1.29 is 14.3 Å². The molecule has 0 bridgehead atoms. The number of carbonyl (C=O) groups is 2. The number of hydrogen-bond donors (Lipinski definition) is 0. The number of ether oxygens (including phenoxy) is 1. The van der Waals surface area contributed by atoms with Crippen molar-refractivity contribution in [1.82, 2.24) is 4.90 Å². The lowest BCUT2D eigenvalue weighted by Crippen LogP contribution is -2.44. The van der Waals surface area contributed by atoms with Crippen molar-refractivity contribution in [3.8, 4) is 5.75 Å². The molecule has 0 saturated heterocycles. The van der Waals surface area contributed by atoms with Crippen LogP contribution in [0.4, 0.5) is 0 Å². The average molecular weight is 408 g/mol. The number of rotatable bonds is 3. The molecule has 0 spiro atoms. The number of ketones is 2. The van der Waals surface area contributed by atoms with E-state index in [1.54, 1.807) is 7.11 Å². The molecule has 0 N–H and O–H groups in total. The van der Waals surface area contributed by atoms with Crippen LogP contribution in [0.5, 0.6) is 5.75 Å². The van der Waals surface area contributed by atoms with E-state index >= 15 is 0 Å². The van der Waals surface area contributed by atoms with Gasteiger partial charge >= 0.3 is 0 Å². The number of carbonyl (C=O) groups excluding carboxylic acids is 2. The summed E-state index contributed by atoms with van der Waals surface area (Å²) in [6.07, 6.45) is 2.77. The van der Waals surface area contributed by atoms with Gasteiger partial charge in [0.15, 0.2) is 11.6 Å². The van der Waals surface area contributed by atoms with E-state index in [0.29, 0.717) is 12.8 Å². The summed E-state index contributed by atoms with van der Waals surface area (Å²) in [5, 5.41) is 0. The largest absolute Gasteiger partial charge is 0.497 e. The van der Waals surface area contributed by atoms with Gasteiger partial charge in [0.05, 0.1) is 7.11 Å². The number of methoxy groups -OCH3 is 1. The highest BCUT2D eigenvalue weighted by Gasteiger charge is 2.48. The van der Waals surface area contributed by atoms with E-state index < -0.39 is 0 Å². The van der Waals surface area contributed by atoms with Crippen LogP contribution < -0.4 is 4.74 Å². The SMILES string of the molecule is CCN1C2=C(C(=O)CC(C)(C)C2)C(c2ccc(OC)cc2)C2=C1CC(C)(C)CC2=O. The van der Waals surface area contributed by atoms with Crippen molar-refractivity contribution in [1.29, 1.82) is 0 Å². The molecule has 4 heteroatoms. The summed E-state index contributed by atoms with van der Waals surface area (Å²) < 4.78 is 5.33. The molecular formula is C26H33NO3. The maximum atomic E-state index is 13.5. The first-order valence-corrected chi connectivity index (χ1v) is 11.0. The van der Waals surface area contributed by atoms with Gasteiger partial charge in [-0.3, -0.25) is 9.59 Å². The third-order valence-corrected chi connectivity index (χ3v) is 6.79. The van der Waals surface area contributed by atoms with Crippen molar-refractivity contribution in [3.63, 3.8) is 0 Å². The highest BCUT2D eigenvalue weighted by atomic mass is 16.5. The molecule has 4 nitrogen and oxygen atoms in total. The number of benzene rings is 1. The fraction of sp³-hybridized carbons (Fsp3) is 0.538. The van der Waals surface area contributed by atoms with Crippen LogP contribution in [0.2, 0.25) is 0 Å². The number of allylic oxidation sites excluding steroid dienone is 4. The molecule has 2 aliphatic carbocycles. The Morgan fingerprint density at radius 3 is 1.73 bits per heavy atom. The molecule has 4 rings (SSSR count). The Labute approximate surface area is 180 Å². The summed E-state index contributed by atoms with van der Waals surface area (Å²) in [5.74, 6) is 0.880. The first kappa shape index (κ1) is 20.9. The van der Waals surface area contributed by atoms with Crippen molar-refractivity contribution in [2.24, 2.45) is 10.8 Å². The minimum absolute atomic E-state index is 0.0694. The predicted octanol–water partition coefficient (Wildman–Crippen LogP) is 5.40. The summed E-state index contributed by atoms with van der Waals surface area (Å²) in [6, 6.07) is 7.88. The van der Waals surface area contributed by atoms with Crippen LogP contribution in [0.3, 0.4) is 0 Å². The van der Waals surface area contributed by atoms with Gasteiger partial charge in [-0.25, -0.2) is 0 Å². The van der Waals surface area contributed by atoms with Crippen molar-refractivity contribution in [2.75, 3.05) is 13.7 Å². The maximum Gasteiger partial charge on any atom is 0.162 e. The van der Waals surface area contributed by atoms with Crippen LogP contribution in [0, 0.1) is 10.8 Å². The van der Waals surface area contributed by atoms with E-state index in [4.69, 9.17) is 4.74 Å². The lowest BCUT2D eigenvalue weighted by atomic mass is 9.63. The summed E-state index contributed by atoms with van der Waals surface area (Å²) in [5.41, 5.74) is 4.81. The lowest BCUT2D eigenvalue weighted by molar-refractivity contribution is -0.119. The summed E-state index contributed by atoms with van der Waals surface area (Å²) in [6.45, 7) is 11.6. The standard InChI is InChI=1S/C26H33NO3/c1-7-27-18-12-25(2,3)14-20(28)23(18)22(16-8-10-17(30-6)11-9-16)24-19(27)13-26(4,5)15-21(24)29/h8-11,22H,7,12-15H2,1-6H3.